The van der Waals surface area contributed by atoms with Gasteiger partial charge in [0.1, 0.15) is 0 Å². The lowest BCUT2D eigenvalue weighted by Crippen LogP contribution is -2.28. The molecule has 5 nitrogen and oxygen atoms in total. The Morgan fingerprint density at radius 2 is 1.64 bits per heavy atom. The maximum atomic E-state index is 13.1. The quantitative estimate of drug-likeness (QED) is 0.792. The Kier molecular flexibility index (Phi) is 6.08. The maximum Gasteiger partial charge on any atom is 0.261 e. The Morgan fingerprint density at radius 3 is 2.21 bits per heavy atom. The van der Waals surface area contributed by atoms with E-state index in [4.69, 9.17) is 0 Å². The molecule has 0 saturated carbocycles. The molecule has 0 atom stereocenters. The fraction of sp³-hybridized carbons (Fsp3) is 0.409. The molecule has 1 saturated heterocycles. The standard InChI is InChI=1S/C22H28N2O3S/c1-4-17-9-8-10-18(5-2)21(17)23-28(26,27)19-12-11-16(3)20(15-19)22(25)24-13-6-7-14-24/h8-12,15,23H,4-7,13-14H2,1-3H3. The number of anilines is 1. The number of hydrogen-bond donors (Lipinski definition) is 1. The zero-order valence-corrected chi connectivity index (χ0v) is 17.6. The van der Waals surface area contributed by atoms with E-state index in [2.05, 4.69) is 4.72 Å². The monoisotopic (exact) mass is 400 g/mol. The molecular formula is C22H28N2O3S. The predicted molar refractivity (Wildman–Crippen MR) is 112 cm³/mol. The molecule has 0 radical (unpaired) electrons. The van der Waals surface area contributed by atoms with Crippen molar-refractivity contribution in [1.82, 2.24) is 4.90 Å². The number of nitrogens with one attached hydrogen (secondary N) is 1. The fourth-order valence-electron chi connectivity index (χ4n) is 3.66. The molecule has 1 amide bonds. The molecule has 1 fully saturated rings. The fourth-order valence-corrected chi connectivity index (χ4v) is 4.83. The largest absolute Gasteiger partial charge is 0.339 e. The van der Waals surface area contributed by atoms with E-state index >= 15 is 0 Å². The summed E-state index contributed by atoms with van der Waals surface area (Å²) in [5.41, 5.74) is 3.83. The second-order valence-electron chi connectivity index (χ2n) is 7.24. The van der Waals surface area contributed by atoms with Crippen LogP contribution in [0.15, 0.2) is 41.3 Å². The van der Waals surface area contributed by atoms with Gasteiger partial charge in [0.25, 0.3) is 15.9 Å². The number of amides is 1. The normalized spacial score (nSPS) is 14.3. The van der Waals surface area contributed by atoms with Gasteiger partial charge in [0.05, 0.1) is 10.6 Å². The summed E-state index contributed by atoms with van der Waals surface area (Å²) < 4.78 is 29.0. The van der Waals surface area contributed by atoms with Crippen LogP contribution >= 0.6 is 0 Å². The number of carbonyl (C=O) groups is 1. The van der Waals surface area contributed by atoms with Gasteiger partial charge < -0.3 is 4.90 Å². The van der Waals surface area contributed by atoms with Crippen LogP contribution in [0.25, 0.3) is 0 Å². The molecule has 2 aromatic carbocycles. The highest BCUT2D eigenvalue weighted by molar-refractivity contribution is 7.92. The van der Waals surface area contributed by atoms with Crippen molar-refractivity contribution in [2.75, 3.05) is 17.8 Å². The molecule has 3 rings (SSSR count). The Morgan fingerprint density at radius 1 is 1.04 bits per heavy atom. The lowest BCUT2D eigenvalue weighted by atomic mass is 10.0. The molecule has 0 aliphatic carbocycles. The highest BCUT2D eigenvalue weighted by Gasteiger charge is 2.24. The number of benzene rings is 2. The molecule has 6 heteroatoms. The summed E-state index contributed by atoms with van der Waals surface area (Å²) in [4.78, 5) is 14.7. The minimum Gasteiger partial charge on any atom is -0.339 e. The lowest BCUT2D eigenvalue weighted by molar-refractivity contribution is 0.0792. The summed E-state index contributed by atoms with van der Waals surface area (Å²) in [7, 11) is -3.80. The molecule has 2 aromatic rings. The molecular weight excluding hydrogens is 372 g/mol. The van der Waals surface area contributed by atoms with E-state index in [1.54, 1.807) is 17.0 Å². The molecule has 1 heterocycles. The first-order valence-electron chi connectivity index (χ1n) is 9.91. The first-order chi connectivity index (χ1) is 13.4. The summed E-state index contributed by atoms with van der Waals surface area (Å²) in [5, 5.41) is 0. The highest BCUT2D eigenvalue weighted by atomic mass is 32.2. The minimum absolute atomic E-state index is 0.0877. The van der Waals surface area contributed by atoms with Crippen LogP contribution < -0.4 is 4.72 Å². The first kappa shape index (κ1) is 20.4. The summed E-state index contributed by atoms with van der Waals surface area (Å²) >= 11 is 0. The van der Waals surface area contributed by atoms with E-state index in [1.807, 2.05) is 39.0 Å². The van der Waals surface area contributed by atoms with Crippen molar-refractivity contribution in [2.24, 2.45) is 0 Å². The van der Waals surface area contributed by atoms with Gasteiger partial charge in [0, 0.05) is 18.7 Å². The summed E-state index contributed by atoms with van der Waals surface area (Å²) in [6.07, 6.45) is 3.46. The van der Waals surface area contributed by atoms with E-state index in [-0.39, 0.29) is 10.8 Å². The third kappa shape index (κ3) is 4.07. The van der Waals surface area contributed by atoms with Crippen molar-refractivity contribution in [1.29, 1.82) is 0 Å². The highest BCUT2D eigenvalue weighted by Crippen LogP contribution is 2.27. The molecule has 0 bridgehead atoms. The molecule has 1 aliphatic heterocycles. The van der Waals surface area contributed by atoms with Crippen LogP contribution in [0.4, 0.5) is 5.69 Å². The van der Waals surface area contributed by atoms with Gasteiger partial charge >= 0.3 is 0 Å². The molecule has 1 aliphatic rings. The Labute approximate surface area is 167 Å². The van der Waals surface area contributed by atoms with Gasteiger partial charge in [-0.25, -0.2) is 8.42 Å². The van der Waals surface area contributed by atoms with Gasteiger partial charge in [-0.15, -0.1) is 0 Å². The van der Waals surface area contributed by atoms with Crippen molar-refractivity contribution in [3.63, 3.8) is 0 Å². The van der Waals surface area contributed by atoms with E-state index in [0.717, 1.165) is 55.5 Å². The Hall–Kier alpha value is -2.34. The number of hydrogen-bond acceptors (Lipinski definition) is 3. The molecule has 28 heavy (non-hydrogen) atoms. The summed E-state index contributed by atoms with van der Waals surface area (Å²) in [6.45, 7) is 7.32. The summed E-state index contributed by atoms with van der Waals surface area (Å²) in [5.74, 6) is -0.0877. The van der Waals surface area contributed by atoms with Crippen LogP contribution in [0.5, 0.6) is 0 Å². The lowest BCUT2D eigenvalue weighted by Gasteiger charge is -2.19. The van der Waals surface area contributed by atoms with Crippen LogP contribution in [-0.2, 0) is 22.9 Å². The van der Waals surface area contributed by atoms with E-state index in [1.165, 1.54) is 6.07 Å². The first-order valence-corrected chi connectivity index (χ1v) is 11.4. The second-order valence-corrected chi connectivity index (χ2v) is 8.92. The van der Waals surface area contributed by atoms with Crippen molar-refractivity contribution < 1.29 is 13.2 Å². The van der Waals surface area contributed by atoms with E-state index in [9.17, 15) is 13.2 Å². The zero-order chi connectivity index (χ0) is 20.3. The number of nitrogens with zero attached hydrogens (tertiary/aromatic N) is 1. The number of rotatable bonds is 6. The zero-order valence-electron chi connectivity index (χ0n) is 16.8. The minimum atomic E-state index is -3.80. The smallest absolute Gasteiger partial charge is 0.261 e. The van der Waals surface area contributed by atoms with Gasteiger partial charge in [0.2, 0.25) is 0 Å². The van der Waals surface area contributed by atoms with Crippen molar-refractivity contribution in [3.8, 4) is 0 Å². The molecule has 0 unspecified atom stereocenters. The number of sulfonamides is 1. The van der Waals surface area contributed by atoms with Gasteiger partial charge in [-0.2, -0.15) is 0 Å². The van der Waals surface area contributed by atoms with Gasteiger partial charge in [-0.05, 0) is 61.4 Å². The van der Waals surface area contributed by atoms with E-state index < -0.39 is 10.0 Å². The van der Waals surface area contributed by atoms with Crippen LogP contribution in [0.1, 0.15) is 53.7 Å². The Balaban J connectivity index is 1.97. The third-order valence-corrected chi connectivity index (χ3v) is 6.73. The van der Waals surface area contributed by atoms with Crippen LogP contribution in [-0.4, -0.2) is 32.3 Å². The van der Waals surface area contributed by atoms with Crippen LogP contribution in [0.2, 0.25) is 0 Å². The van der Waals surface area contributed by atoms with Crippen molar-refractivity contribution in [2.45, 2.75) is 51.3 Å². The number of likely N-dealkylation sites (tertiary alicyclic amines) is 1. The van der Waals surface area contributed by atoms with Gasteiger partial charge in [0.15, 0.2) is 0 Å². The van der Waals surface area contributed by atoms with Gasteiger partial charge in [-0.3, -0.25) is 9.52 Å². The second kappa shape index (κ2) is 8.35. The molecule has 0 aromatic heterocycles. The Bertz CT molecular complexity index is 955. The van der Waals surface area contributed by atoms with E-state index in [0.29, 0.717) is 11.3 Å². The average Bonchev–Trinajstić information content (AvgIpc) is 3.22. The van der Waals surface area contributed by atoms with Crippen LogP contribution in [0.3, 0.4) is 0 Å². The maximum absolute atomic E-state index is 13.1. The topological polar surface area (TPSA) is 66.5 Å². The summed E-state index contributed by atoms with van der Waals surface area (Å²) in [6, 6.07) is 10.6. The number of para-hydroxylation sites is 1. The average molecular weight is 401 g/mol. The number of aryl methyl sites for hydroxylation is 3. The molecule has 1 N–H and O–H groups in total. The van der Waals surface area contributed by atoms with Gasteiger partial charge in [-0.1, -0.05) is 38.1 Å². The van der Waals surface area contributed by atoms with Crippen LogP contribution in [0, 0.1) is 6.92 Å². The number of carbonyl (C=O) groups excluding carboxylic acids is 1. The SMILES string of the molecule is CCc1cccc(CC)c1NS(=O)(=O)c1ccc(C)c(C(=O)N2CCCC2)c1. The van der Waals surface area contributed by atoms with Crippen molar-refractivity contribution in [3.05, 3.63) is 58.7 Å². The predicted octanol–water partition coefficient (Wildman–Crippen LogP) is 4.16. The molecule has 150 valence electrons. The van der Waals surface area contributed by atoms with Crippen molar-refractivity contribution >= 4 is 21.6 Å². The third-order valence-electron chi connectivity index (χ3n) is 5.38. The molecule has 0 spiro atoms.